The Hall–Kier alpha value is -1.82. The fraction of sp³-hybridized carbons (Fsp3) is 0.100. The molecule has 3 nitrogen and oxygen atoms in total. The number of nitriles is 1. The van der Waals surface area contributed by atoms with Crippen LogP contribution in [0.5, 0.6) is 0 Å². The molecule has 0 fully saturated rings. The van der Waals surface area contributed by atoms with Crippen LogP contribution in [0.25, 0.3) is 0 Å². The fourth-order valence-electron chi connectivity index (χ4n) is 0.917. The Bertz CT molecular complexity index is 339. The van der Waals surface area contributed by atoms with Crippen LogP contribution >= 0.6 is 0 Å². The van der Waals surface area contributed by atoms with Gasteiger partial charge in [0.05, 0.1) is 18.7 Å². The number of hydrogen-bond donors (Lipinski definition) is 0. The summed E-state index contributed by atoms with van der Waals surface area (Å²) in [6.45, 7) is 0. The summed E-state index contributed by atoms with van der Waals surface area (Å²) in [5.41, 5.74) is 1.77. The molecule has 0 atom stereocenters. The zero-order valence-corrected chi connectivity index (χ0v) is 7.27. The van der Waals surface area contributed by atoms with Crippen LogP contribution in [0.1, 0.15) is 11.1 Å². The average molecular weight is 173 g/mol. The molecule has 0 saturated heterocycles. The lowest BCUT2D eigenvalue weighted by molar-refractivity contribution is 0.215. The van der Waals surface area contributed by atoms with E-state index in [1.807, 2.05) is 30.3 Å². The van der Waals surface area contributed by atoms with E-state index in [0.717, 1.165) is 11.1 Å². The van der Waals surface area contributed by atoms with Gasteiger partial charge in [-0.1, -0.05) is 23.4 Å². The van der Waals surface area contributed by atoms with E-state index in [0.29, 0.717) is 0 Å². The third-order valence-electron chi connectivity index (χ3n) is 1.45. The van der Waals surface area contributed by atoms with Crippen molar-refractivity contribution in [2.45, 2.75) is 0 Å². The molecular formula is C10H9N2O. The van der Waals surface area contributed by atoms with Gasteiger partial charge >= 0.3 is 0 Å². The third-order valence-corrected chi connectivity index (χ3v) is 1.45. The van der Waals surface area contributed by atoms with Gasteiger partial charge < -0.3 is 4.84 Å². The molecule has 1 aromatic carbocycles. The molecule has 0 unspecified atom stereocenters. The molecule has 3 heteroatoms. The standard InChI is InChI=1S/C10H9N2O/c1-13-12-8-10-4-2-3-9(7-10)5-6-11/h2-5,7-8H,1H3. The highest BCUT2D eigenvalue weighted by Gasteiger charge is 1.92. The molecule has 1 radical (unpaired) electrons. The largest absolute Gasteiger partial charge is 0.399 e. The first-order valence-electron chi connectivity index (χ1n) is 3.76. The Morgan fingerprint density at radius 3 is 2.92 bits per heavy atom. The summed E-state index contributed by atoms with van der Waals surface area (Å²) in [6, 6.07) is 9.42. The minimum absolute atomic E-state index is 0.863. The number of benzene rings is 1. The van der Waals surface area contributed by atoms with Gasteiger partial charge in [0, 0.05) is 0 Å². The van der Waals surface area contributed by atoms with E-state index in [9.17, 15) is 0 Å². The second-order valence-electron chi connectivity index (χ2n) is 2.36. The summed E-state index contributed by atoms with van der Waals surface area (Å²) >= 11 is 0. The van der Waals surface area contributed by atoms with Crippen LogP contribution in [0.4, 0.5) is 0 Å². The van der Waals surface area contributed by atoms with Crippen LogP contribution in [0.15, 0.2) is 29.4 Å². The smallest absolute Gasteiger partial charge is 0.106 e. The molecule has 65 valence electrons. The van der Waals surface area contributed by atoms with E-state index in [4.69, 9.17) is 5.26 Å². The molecule has 0 aliphatic carbocycles. The van der Waals surface area contributed by atoms with Gasteiger partial charge in [0.15, 0.2) is 0 Å². The first-order chi connectivity index (χ1) is 6.36. The van der Waals surface area contributed by atoms with Crippen molar-refractivity contribution < 1.29 is 4.84 Å². The van der Waals surface area contributed by atoms with Crippen molar-refractivity contribution in [1.29, 1.82) is 5.26 Å². The average Bonchev–Trinajstić information content (AvgIpc) is 2.16. The summed E-state index contributed by atoms with van der Waals surface area (Å²) in [7, 11) is 1.49. The second-order valence-corrected chi connectivity index (χ2v) is 2.36. The lowest BCUT2D eigenvalue weighted by Crippen LogP contribution is -1.84. The zero-order valence-electron chi connectivity index (χ0n) is 7.27. The van der Waals surface area contributed by atoms with E-state index in [1.165, 1.54) is 13.5 Å². The summed E-state index contributed by atoms with van der Waals surface area (Å²) in [6.07, 6.45) is 3.07. The molecule has 13 heavy (non-hydrogen) atoms. The monoisotopic (exact) mass is 173 g/mol. The molecule has 1 rings (SSSR count). The molecule has 0 N–H and O–H groups in total. The van der Waals surface area contributed by atoms with Gasteiger partial charge in [0.1, 0.15) is 7.11 Å². The second kappa shape index (κ2) is 4.94. The van der Waals surface area contributed by atoms with Crippen molar-refractivity contribution in [2.75, 3.05) is 7.11 Å². The van der Waals surface area contributed by atoms with Crippen LogP contribution in [0, 0.1) is 17.8 Å². The van der Waals surface area contributed by atoms with Crippen LogP contribution in [0.2, 0.25) is 0 Å². The van der Waals surface area contributed by atoms with Crippen LogP contribution in [-0.4, -0.2) is 13.3 Å². The van der Waals surface area contributed by atoms with Crippen LogP contribution in [0.3, 0.4) is 0 Å². The fourth-order valence-corrected chi connectivity index (χ4v) is 0.917. The van der Waals surface area contributed by atoms with Gasteiger partial charge in [-0.2, -0.15) is 5.26 Å². The maximum Gasteiger partial charge on any atom is 0.106 e. The molecule has 0 aromatic heterocycles. The van der Waals surface area contributed by atoms with Crippen molar-refractivity contribution >= 4 is 6.21 Å². The van der Waals surface area contributed by atoms with E-state index in [1.54, 1.807) is 6.21 Å². The van der Waals surface area contributed by atoms with Gasteiger partial charge in [-0.05, 0) is 17.2 Å². The van der Waals surface area contributed by atoms with E-state index >= 15 is 0 Å². The van der Waals surface area contributed by atoms with Gasteiger partial charge in [-0.25, -0.2) is 0 Å². The van der Waals surface area contributed by atoms with Crippen molar-refractivity contribution in [2.24, 2.45) is 5.16 Å². The predicted molar refractivity (Wildman–Crippen MR) is 50.1 cm³/mol. The molecule has 0 heterocycles. The molecule has 0 aliphatic heterocycles. The molecular weight excluding hydrogens is 164 g/mol. The quantitative estimate of drug-likeness (QED) is 0.516. The summed E-state index contributed by atoms with van der Waals surface area (Å²) in [4.78, 5) is 4.54. The summed E-state index contributed by atoms with van der Waals surface area (Å²) in [5.74, 6) is 0. The predicted octanol–water partition coefficient (Wildman–Crippen LogP) is 1.74. The Balaban J connectivity index is 2.80. The molecule has 1 aromatic rings. The van der Waals surface area contributed by atoms with E-state index in [2.05, 4.69) is 9.99 Å². The van der Waals surface area contributed by atoms with Crippen molar-refractivity contribution in [3.63, 3.8) is 0 Å². The maximum atomic E-state index is 8.42. The number of nitrogens with zero attached hydrogens (tertiary/aromatic N) is 2. The highest BCUT2D eigenvalue weighted by atomic mass is 16.6. The van der Waals surface area contributed by atoms with Gasteiger partial charge in [0.25, 0.3) is 0 Å². The first-order valence-corrected chi connectivity index (χ1v) is 3.76. The van der Waals surface area contributed by atoms with Crippen LogP contribution < -0.4 is 0 Å². The number of oxime groups is 1. The SMILES string of the molecule is CON=Cc1cccc([CH]C#N)c1. The number of rotatable bonds is 3. The summed E-state index contributed by atoms with van der Waals surface area (Å²) in [5, 5.41) is 12.0. The van der Waals surface area contributed by atoms with Crippen molar-refractivity contribution in [1.82, 2.24) is 0 Å². The lowest BCUT2D eigenvalue weighted by Gasteiger charge is -1.95. The Morgan fingerprint density at radius 1 is 1.46 bits per heavy atom. The molecule has 0 saturated carbocycles. The topological polar surface area (TPSA) is 45.4 Å². The van der Waals surface area contributed by atoms with Gasteiger partial charge in [-0.3, -0.25) is 0 Å². The highest BCUT2D eigenvalue weighted by molar-refractivity contribution is 5.79. The van der Waals surface area contributed by atoms with Gasteiger partial charge in [0.2, 0.25) is 0 Å². The Kier molecular flexibility index (Phi) is 3.52. The van der Waals surface area contributed by atoms with Gasteiger partial charge in [-0.15, -0.1) is 0 Å². The molecule has 0 spiro atoms. The minimum Gasteiger partial charge on any atom is -0.399 e. The zero-order chi connectivity index (χ0) is 9.52. The molecule has 0 aliphatic rings. The van der Waals surface area contributed by atoms with E-state index in [-0.39, 0.29) is 0 Å². The third kappa shape index (κ3) is 2.96. The normalized spacial score (nSPS) is 9.85. The van der Waals surface area contributed by atoms with E-state index < -0.39 is 0 Å². The van der Waals surface area contributed by atoms with Crippen molar-refractivity contribution in [3.05, 3.63) is 41.8 Å². The maximum absolute atomic E-state index is 8.42. The molecule has 0 bridgehead atoms. The summed E-state index contributed by atoms with van der Waals surface area (Å²) < 4.78 is 0. The lowest BCUT2D eigenvalue weighted by atomic mass is 10.1. The molecule has 0 amide bonds. The van der Waals surface area contributed by atoms with Crippen LogP contribution in [-0.2, 0) is 4.84 Å². The Morgan fingerprint density at radius 2 is 2.23 bits per heavy atom. The first kappa shape index (κ1) is 9.27. The minimum atomic E-state index is 0.863. The number of hydrogen-bond acceptors (Lipinski definition) is 3. The van der Waals surface area contributed by atoms with Crippen molar-refractivity contribution in [3.8, 4) is 6.07 Å². The highest BCUT2D eigenvalue weighted by Crippen LogP contribution is 2.04. The Labute approximate surface area is 77.2 Å².